The molecular formula is C7H9KO4. The summed E-state index contributed by atoms with van der Waals surface area (Å²) < 4.78 is 0. The van der Waals surface area contributed by atoms with Crippen LogP contribution >= 0.6 is 0 Å². The van der Waals surface area contributed by atoms with Crippen molar-refractivity contribution in [1.29, 1.82) is 0 Å². The number of para-hydroxylation sites is 1. The van der Waals surface area contributed by atoms with Crippen LogP contribution in [0.25, 0.3) is 0 Å². The summed E-state index contributed by atoms with van der Waals surface area (Å²) >= 11 is 0. The number of phenolic OH excluding ortho intramolecular Hbond substituents is 1. The minimum Gasteiger partial charge on any atom is -1.00 e. The van der Waals surface area contributed by atoms with Crippen LogP contribution in [0.15, 0.2) is 30.3 Å². The Hall–Kier alpha value is -0.0736. The monoisotopic (exact) mass is 196 g/mol. The van der Waals surface area contributed by atoms with Gasteiger partial charge in [-0.15, -0.1) is 0 Å². The first kappa shape index (κ1) is 14.5. The molecule has 1 rings (SSSR count). The molecule has 0 saturated heterocycles. The van der Waals surface area contributed by atoms with Crippen LogP contribution < -0.4 is 51.4 Å². The van der Waals surface area contributed by atoms with Crippen molar-refractivity contribution in [3.63, 3.8) is 0 Å². The Bertz CT molecular complexity index is 213. The third-order valence-corrected chi connectivity index (χ3v) is 0.756. The first-order valence-corrected chi connectivity index (χ1v) is 2.79. The van der Waals surface area contributed by atoms with E-state index >= 15 is 0 Å². The molecule has 0 saturated carbocycles. The summed E-state index contributed by atoms with van der Waals surface area (Å²) in [6.07, 6.45) is -1.83. The quantitative estimate of drug-likeness (QED) is 0.452. The van der Waals surface area contributed by atoms with E-state index in [4.69, 9.17) is 20.1 Å². The van der Waals surface area contributed by atoms with Gasteiger partial charge in [0.25, 0.3) is 0 Å². The van der Waals surface area contributed by atoms with E-state index in [1.807, 2.05) is 6.07 Å². The van der Waals surface area contributed by atoms with Crippen molar-refractivity contribution < 1.29 is 72.9 Å². The van der Waals surface area contributed by atoms with Crippen LogP contribution in [0.3, 0.4) is 0 Å². The van der Waals surface area contributed by atoms with Crippen molar-refractivity contribution >= 4 is 6.16 Å². The third-order valence-electron chi connectivity index (χ3n) is 0.756. The van der Waals surface area contributed by atoms with E-state index in [9.17, 15) is 0 Å². The smallest absolute Gasteiger partial charge is 1.00 e. The van der Waals surface area contributed by atoms with Crippen molar-refractivity contribution in [2.45, 2.75) is 0 Å². The van der Waals surface area contributed by atoms with Gasteiger partial charge in [0, 0.05) is 0 Å². The number of rotatable bonds is 0. The molecule has 0 atom stereocenters. The van der Waals surface area contributed by atoms with E-state index in [2.05, 4.69) is 0 Å². The van der Waals surface area contributed by atoms with Gasteiger partial charge in [0.05, 0.1) is 0 Å². The van der Waals surface area contributed by atoms with Crippen LogP contribution in [-0.2, 0) is 0 Å². The van der Waals surface area contributed by atoms with Crippen molar-refractivity contribution in [3.8, 4) is 5.75 Å². The maximum atomic E-state index is 8.63. The number of hydrogen-bond donors (Lipinski definition) is 3. The maximum Gasteiger partial charge on any atom is 1.00 e. The number of phenols is 1. The Balaban J connectivity index is -0.000000150. The van der Waals surface area contributed by atoms with E-state index in [0.29, 0.717) is 5.75 Å². The van der Waals surface area contributed by atoms with Gasteiger partial charge in [-0.05, 0) is 12.1 Å². The zero-order valence-corrected chi connectivity index (χ0v) is 9.76. The molecular weight excluding hydrogens is 187 g/mol. The fourth-order valence-electron chi connectivity index (χ4n) is 0.428. The van der Waals surface area contributed by atoms with Gasteiger partial charge < -0.3 is 16.7 Å². The number of hydrogen-bond acceptors (Lipinski definition) is 2. The SMILES string of the molecule is O=C(O)O.Oc1ccccc1.[H-].[K+]. The number of benzene rings is 1. The molecule has 1 aromatic rings. The molecule has 62 valence electrons. The number of aromatic hydroxyl groups is 1. The molecule has 0 radical (unpaired) electrons. The predicted molar refractivity (Wildman–Crippen MR) is 39.9 cm³/mol. The Morgan fingerprint density at radius 1 is 1.17 bits per heavy atom. The Labute approximate surface area is 114 Å². The van der Waals surface area contributed by atoms with Crippen LogP contribution in [-0.4, -0.2) is 21.5 Å². The largest absolute Gasteiger partial charge is 1.00 e. The second-order valence-electron chi connectivity index (χ2n) is 1.62. The molecule has 0 unspecified atom stereocenters. The minimum atomic E-state index is -1.83. The van der Waals surface area contributed by atoms with E-state index in [-0.39, 0.29) is 52.8 Å². The van der Waals surface area contributed by atoms with E-state index < -0.39 is 6.16 Å². The van der Waals surface area contributed by atoms with Gasteiger partial charge in [-0.25, -0.2) is 4.79 Å². The normalized spacial score (nSPS) is 7.00. The maximum absolute atomic E-state index is 8.63. The Kier molecular flexibility index (Phi) is 10.9. The summed E-state index contributed by atoms with van der Waals surface area (Å²) in [6, 6.07) is 8.71. The van der Waals surface area contributed by atoms with Gasteiger partial charge in [0.2, 0.25) is 0 Å². The Morgan fingerprint density at radius 3 is 1.67 bits per heavy atom. The molecule has 0 aliphatic heterocycles. The molecule has 12 heavy (non-hydrogen) atoms. The summed E-state index contributed by atoms with van der Waals surface area (Å²) in [5.41, 5.74) is 0. The number of carbonyl (C=O) groups is 1. The van der Waals surface area contributed by atoms with Gasteiger partial charge in [0.1, 0.15) is 5.75 Å². The van der Waals surface area contributed by atoms with Crippen LogP contribution in [0.2, 0.25) is 0 Å². The van der Waals surface area contributed by atoms with Crippen molar-refractivity contribution in [2.75, 3.05) is 0 Å². The van der Waals surface area contributed by atoms with Crippen LogP contribution in [0, 0.1) is 0 Å². The van der Waals surface area contributed by atoms with Crippen molar-refractivity contribution in [3.05, 3.63) is 30.3 Å². The summed E-state index contributed by atoms with van der Waals surface area (Å²) in [6.45, 7) is 0. The van der Waals surface area contributed by atoms with Crippen LogP contribution in [0.1, 0.15) is 1.43 Å². The first-order chi connectivity index (χ1) is 5.13. The minimum absolute atomic E-state index is 0. The van der Waals surface area contributed by atoms with E-state index in [1.165, 1.54) is 0 Å². The van der Waals surface area contributed by atoms with Gasteiger partial charge >= 0.3 is 57.5 Å². The first-order valence-electron chi connectivity index (χ1n) is 2.79. The summed E-state index contributed by atoms with van der Waals surface area (Å²) in [5.74, 6) is 0.322. The molecule has 3 N–H and O–H groups in total. The van der Waals surface area contributed by atoms with Gasteiger partial charge in [-0.2, -0.15) is 0 Å². The van der Waals surface area contributed by atoms with Gasteiger partial charge in [0.15, 0.2) is 0 Å². The molecule has 0 heterocycles. The number of carboxylic acid groups (broad SMARTS) is 2. The molecule has 0 amide bonds. The fraction of sp³-hybridized carbons (Fsp3) is 0. The average molecular weight is 196 g/mol. The second kappa shape index (κ2) is 9.02. The molecule has 0 aliphatic carbocycles. The molecule has 0 spiro atoms. The van der Waals surface area contributed by atoms with E-state index in [0.717, 1.165) is 0 Å². The standard InChI is InChI=1S/C6H6O.CH2O3.K.H/c7-6-4-2-1-3-5-6;2-1(3)4;;/h1-5,7H;(H2,2,3,4);;/q;;+1;-1. The van der Waals surface area contributed by atoms with Crippen LogP contribution in [0.5, 0.6) is 5.75 Å². The van der Waals surface area contributed by atoms with Crippen LogP contribution in [0.4, 0.5) is 4.79 Å². The van der Waals surface area contributed by atoms with Crippen molar-refractivity contribution in [2.24, 2.45) is 0 Å². The molecule has 0 fully saturated rings. The molecule has 1 aromatic carbocycles. The third kappa shape index (κ3) is 12.6. The molecule has 0 aliphatic rings. The summed E-state index contributed by atoms with van der Waals surface area (Å²) in [7, 11) is 0. The summed E-state index contributed by atoms with van der Waals surface area (Å²) in [4.78, 5) is 8.56. The fourth-order valence-corrected chi connectivity index (χ4v) is 0.428. The van der Waals surface area contributed by atoms with E-state index in [1.54, 1.807) is 24.3 Å². The predicted octanol–water partition coefficient (Wildman–Crippen LogP) is -1.27. The van der Waals surface area contributed by atoms with Crippen molar-refractivity contribution in [1.82, 2.24) is 0 Å². The zero-order chi connectivity index (χ0) is 8.69. The second-order valence-corrected chi connectivity index (χ2v) is 1.62. The van der Waals surface area contributed by atoms with Gasteiger partial charge in [-0.1, -0.05) is 18.2 Å². The topological polar surface area (TPSA) is 77.8 Å². The van der Waals surface area contributed by atoms with Gasteiger partial charge in [-0.3, -0.25) is 0 Å². The Morgan fingerprint density at radius 2 is 1.50 bits per heavy atom. The summed E-state index contributed by atoms with van der Waals surface area (Å²) in [5, 5.41) is 22.6. The molecule has 4 nitrogen and oxygen atoms in total. The average Bonchev–Trinajstić information content (AvgIpc) is 1.87. The molecule has 0 bridgehead atoms. The zero-order valence-electron chi connectivity index (χ0n) is 7.64. The molecule has 5 heteroatoms. The molecule has 0 aromatic heterocycles.